The third kappa shape index (κ3) is 11.1. The summed E-state index contributed by atoms with van der Waals surface area (Å²) in [5, 5.41) is 16.3. The zero-order chi connectivity index (χ0) is 27.5. The molecule has 3 atom stereocenters. The van der Waals surface area contributed by atoms with E-state index in [2.05, 4.69) is 41.1 Å². The van der Waals surface area contributed by atoms with Crippen LogP contribution in [0.5, 0.6) is 5.75 Å². The molecule has 2 unspecified atom stereocenters. The highest BCUT2D eigenvalue weighted by Gasteiger charge is 2.32. The molecule has 8 nitrogen and oxygen atoms in total. The van der Waals surface area contributed by atoms with E-state index in [1.54, 1.807) is 24.1 Å². The molecule has 3 rings (SSSR count). The summed E-state index contributed by atoms with van der Waals surface area (Å²) < 4.78 is 36.1. The first-order valence-electron chi connectivity index (χ1n) is 12.1. The standard InChI is InChI=1S/C19H32N4O3S.C7H6F2O/c1-12(2)27-23(4)18-8-14(19(25)21-10-16(24)11-26-5)7-17(22-18)20-9-15-6-13(15)3;1-10-7-3-5(8)2-6(9)4-7/h7-8,12-13,15-16,24H,6,9-11H2,1-5H3,(H,20,22)(H,21,25);2-4H,1H3/t13-,15?,16?;/m0./s1. The largest absolute Gasteiger partial charge is 0.497 e. The fourth-order valence-electron chi connectivity index (χ4n) is 3.40. The van der Waals surface area contributed by atoms with E-state index in [9.17, 15) is 18.7 Å². The number of hydrogen-bond acceptors (Lipinski definition) is 8. The van der Waals surface area contributed by atoms with Crippen LogP contribution in [0.1, 0.15) is 37.6 Å². The summed E-state index contributed by atoms with van der Waals surface area (Å²) in [6, 6.07) is 6.56. The lowest BCUT2D eigenvalue weighted by Crippen LogP contribution is -2.34. The predicted octanol–water partition coefficient (Wildman–Crippen LogP) is 4.35. The first-order valence-corrected chi connectivity index (χ1v) is 13.0. The number of carbonyl (C=O) groups is 1. The van der Waals surface area contributed by atoms with Crippen LogP contribution in [0.2, 0.25) is 0 Å². The van der Waals surface area contributed by atoms with Crippen LogP contribution in [0.3, 0.4) is 0 Å². The molecule has 1 aliphatic carbocycles. The molecule has 37 heavy (non-hydrogen) atoms. The van der Waals surface area contributed by atoms with Gasteiger partial charge in [0.05, 0.1) is 19.8 Å². The number of aromatic nitrogens is 1. The highest BCUT2D eigenvalue weighted by molar-refractivity contribution is 8.01. The van der Waals surface area contributed by atoms with Gasteiger partial charge >= 0.3 is 0 Å². The summed E-state index contributed by atoms with van der Waals surface area (Å²) in [4.78, 5) is 17.2. The summed E-state index contributed by atoms with van der Waals surface area (Å²) >= 11 is 1.65. The Hall–Kier alpha value is -2.63. The maximum Gasteiger partial charge on any atom is 0.251 e. The molecule has 206 valence electrons. The van der Waals surface area contributed by atoms with Crippen LogP contribution in [0.25, 0.3) is 0 Å². The van der Waals surface area contributed by atoms with Gasteiger partial charge < -0.3 is 29.5 Å². The van der Waals surface area contributed by atoms with Crippen molar-refractivity contribution in [3.8, 4) is 5.75 Å². The number of benzene rings is 1. The molecule has 11 heteroatoms. The van der Waals surface area contributed by atoms with E-state index in [4.69, 9.17) is 4.74 Å². The van der Waals surface area contributed by atoms with E-state index in [1.165, 1.54) is 20.6 Å². The number of anilines is 2. The first-order chi connectivity index (χ1) is 17.5. The lowest BCUT2D eigenvalue weighted by molar-refractivity contribution is 0.0610. The van der Waals surface area contributed by atoms with Gasteiger partial charge in [-0.25, -0.2) is 13.8 Å². The average molecular weight is 541 g/mol. The minimum absolute atomic E-state index is 0.142. The first kappa shape index (κ1) is 30.6. The molecule has 1 fully saturated rings. The second kappa shape index (κ2) is 14.9. The minimum atomic E-state index is -0.728. The van der Waals surface area contributed by atoms with Crippen LogP contribution >= 0.6 is 11.9 Å². The van der Waals surface area contributed by atoms with Crippen molar-refractivity contribution in [2.75, 3.05) is 50.6 Å². The molecular formula is C26H38F2N4O4S. The van der Waals surface area contributed by atoms with Crippen molar-refractivity contribution in [1.29, 1.82) is 0 Å². The van der Waals surface area contributed by atoms with E-state index in [0.717, 1.165) is 36.5 Å². The number of pyridine rings is 1. The van der Waals surface area contributed by atoms with Crippen molar-refractivity contribution in [1.82, 2.24) is 10.3 Å². The molecule has 1 aromatic heterocycles. The monoisotopic (exact) mass is 540 g/mol. The van der Waals surface area contributed by atoms with Gasteiger partial charge in [-0.15, -0.1) is 0 Å². The molecule has 2 aromatic rings. The smallest absolute Gasteiger partial charge is 0.251 e. The molecule has 1 aliphatic rings. The van der Waals surface area contributed by atoms with Gasteiger partial charge in [0.1, 0.15) is 29.0 Å². The molecule has 0 spiro atoms. The maximum atomic E-state index is 12.6. The highest BCUT2D eigenvalue weighted by atomic mass is 32.2. The topological polar surface area (TPSA) is 96.0 Å². The molecule has 0 aliphatic heterocycles. The summed E-state index contributed by atoms with van der Waals surface area (Å²) in [5.41, 5.74) is 0.521. The van der Waals surface area contributed by atoms with Crippen molar-refractivity contribution >= 4 is 29.5 Å². The van der Waals surface area contributed by atoms with Crippen LogP contribution < -0.4 is 19.7 Å². The Bertz CT molecular complexity index is 994. The average Bonchev–Trinajstić information content (AvgIpc) is 3.55. The van der Waals surface area contributed by atoms with E-state index in [-0.39, 0.29) is 24.8 Å². The van der Waals surface area contributed by atoms with E-state index >= 15 is 0 Å². The molecule has 0 saturated heterocycles. The Kier molecular flexibility index (Phi) is 12.4. The van der Waals surface area contributed by atoms with E-state index < -0.39 is 17.7 Å². The predicted molar refractivity (Wildman–Crippen MR) is 144 cm³/mol. The Morgan fingerprint density at radius 2 is 1.86 bits per heavy atom. The number of hydrogen-bond donors (Lipinski definition) is 3. The fraction of sp³-hybridized carbons (Fsp3) is 0.538. The van der Waals surface area contributed by atoms with Crippen molar-refractivity contribution in [2.45, 2.75) is 38.5 Å². The second-order valence-corrected chi connectivity index (χ2v) is 10.9. The van der Waals surface area contributed by atoms with Gasteiger partial charge in [-0.3, -0.25) is 4.79 Å². The zero-order valence-corrected chi connectivity index (χ0v) is 23.1. The van der Waals surface area contributed by atoms with Gasteiger partial charge in [0.15, 0.2) is 0 Å². The number of nitrogens with zero attached hydrogens (tertiary/aromatic N) is 2. The summed E-state index contributed by atoms with van der Waals surface area (Å²) in [6.07, 6.45) is 0.508. The quantitative estimate of drug-likeness (QED) is 0.342. The van der Waals surface area contributed by atoms with E-state index in [0.29, 0.717) is 22.5 Å². The van der Waals surface area contributed by atoms with Crippen LogP contribution in [0.15, 0.2) is 30.3 Å². The molecule has 1 heterocycles. The van der Waals surface area contributed by atoms with Gasteiger partial charge in [0, 0.05) is 56.3 Å². The molecule has 0 radical (unpaired) electrons. The number of ether oxygens (including phenoxy) is 2. The Morgan fingerprint density at radius 1 is 1.22 bits per heavy atom. The van der Waals surface area contributed by atoms with Crippen molar-refractivity contribution in [3.05, 3.63) is 47.5 Å². The van der Waals surface area contributed by atoms with Crippen molar-refractivity contribution < 1.29 is 28.2 Å². The maximum absolute atomic E-state index is 12.6. The SMILES string of the molecule is COCC(O)CNC(=O)c1cc(NCC2C[C@@H]2C)nc(N(C)SC(C)C)c1.COc1cc(F)cc(F)c1. The summed E-state index contributed by atoms with van der Waals surface area (Å²) in [5.74, 6) is 1.56. The lowest BCUT2D eigenvalue weighted by Gasteiger charge is -2.21. The van der Waals surface area contributed by atoms with Crippen molar-refractivity contribution in [3.63, 3.8) is 0 Å². The number of aliphatic hydroxyl groups excluding tert-OH is 1. The fourth-order valence-corrected chi connectivity index (χ4v) is 4.23. The molecule has 1 amide bonds. The molecular weight excluding hydrogens is 502 g/mol. The normalized spacial score (nSPS) is 16.9. The summed E-state index contributed by atoms with van der Waals surface area (Å²) in [6.45, 7) is 7.66. The summed E-state index contributed by atoms with van der Waals surface area (Å²) in [7, 11) is 4.82. The zero-order valence-electron chi connectivity index (χ0n) is 22.3. The number of nitrogens with one attached hydrogen (secondary N) is 2. The Morgan fingerprint density at radius 3 is 2.41 bits per heavy atom. The number of amides is 1. The third-order valence-electron chi connectivity index (χ3n) is 5.52. The molecule has 1 aromatic carbocycles. The highest BCUT2D eigenvalue weighted by Crippen LogP contribution is 2.37. The Labute approximate surface area is 222 Å². The van der Waals surface area contributed by atoms with Crippen LogP contribution in [-0.2, 0) is 4.74 Å². The van der Waals surface area contributed by atoms with Crippen molar-refractivity contribution in [2.24, 2.45) is 11.8 Å². The van der Waals surface area contributed by atoms with Crippen LogP contribution in [0, 0.1) is 23.5 Å². The number of aliphatic hydroxyl groups is 1. The van der Waals surface area contributed by atoms with Crippen LogP contribution in [0.4, 0.5) is 20.4 Å². The van der Waals surface area contributed by atoms with Gasteiger partial charge in [-0.05, 0) is 42.3 Å². The Balaban J connectivity index is 0.000000402. The van der Waals surface area contributed by atoms with Gasteiger partial charge in [-0.1, -0.05) is 20.8 Å². The minimum Gasteiger partial charge on any atom is -0.497 e. The number of halogens is 2. The molecule has 3 N–H and O–H groups in total. The number of methoxy groups -OCH3 is 2. The van der Waals surface area contributed by atoms with E-state index in [1.807, 2.05) is 11.4 Å². The van der Waals surface area contributed by atoms with Gasteiger partial charge in [0.2, 0.25) is 0 Å². The lowest BCUT2D eigenvalue weighted by atomic mass is 10.2. The number of rotatable bonds is 12. The molecule has 0 bridgehead atoms. The van der Waals surface area contributed by atoms with Gasteiger partial charge in [0.25, 0.3) is 5.91 Å². The van der Waals surface area contributed by atoms with Crippen LogP contribution in [-0.4, -0.2) is 68.3 Å². The molecule has 1 saturated carbocycles. The van der Waals surface area contributed by atoms with Gasteiger partial charge in [-0.2, -0.15) is 0 Å². The second-order valence-electron chi connectivity index (χ2n) is 9.23. The third-order valence-corrected chi connectivity index (χ3v) is 6.44. The number of carbonyl (C=O) groups excluding carboxylic acids is 1.